The molecule has 102 valence electrons. The molecule has 1 aromatic carbocycles. The molecular weight excluding hydrogens is 268 g/mol. The Bertz CT molecular complexity index is 545. The standard InChI is InChI=1S/C12H14N2O4S/c1-16-7-5-4-6(8(17-2)9(7)18-3)10-11(15)14-12(13)19-10/h4-5,10H,1-3H3,(H2,13,14,15). The van der Waals surface area contributed by atoms with Crippen LogP contribution < -0.4 is 19.9 Å². The third-order valence-electron chi connectivity index (χ3n) is 2.70. The smallest absolute Gasteiger partial charge is 0.266 e. The van der Waals surface area contributed by atoms with Gasteiger partial charge in [-0.2, -0.15) is 4.99 Å². The first-order chi connectivity index (χ1) is 9.12. The van der Waals surface area contributed by atoms with Crippen LogP contribution in [0.25, 0.3) is 0 Å². The number of carbonyl (C=O) groups excluding carboxylic acids is 1. The summed E-state index contributed by atoms with van der Waals surface area (Å²) in [4.78, 5) is 15.5. The SMILES string of the molecule is COc1ccc(C2SC(N)=NC2=O)c(OC)c1OC. The molecule has 2 rings (SSSR count). The average molecular weight is 282 g/mol. The lowest BCUT2D eigenvalue weighted by atomic mass is 10.1. The molecule has 0 spiro atoms. The van der Waals surface area contributed by atoms with Crippen LogP contribution in [0.15, 0.2) is 17.1 Å². The number of aliphatic imine (C=N–C) groups is 1. The maximum atomic E-state index is 11.8. The first-order valence-corrected chi connectivity index (χ1v) is 6.33. The molecule has 7 heteroatoms. The molecule has 19 heavy (non-hydrogen) atoms. The predicted octanol–water partition coefficient (Wildman–Crippen LogP) is 1.34. The van der Waals surface area contributed by atoms with Crippen molar-refractivity contribution in [2.45, 2.75) is 5.25 Å². The molecule has 0 saturated carbocycles. The molecule has 1 amide bonds. The Morgan fingerprint density at radius 2 is 1.84 bits per heavy atom. The van der Waals surface area contributed by atoms with Crippen molar-refractivity contribution in [3.05, 3.63) is 17.7 Å². The molecule has 2 N–H and O–H groups in total. The predicted molar refractivity (Wildman–Crippen MR) is 73.1 cm³/mol. The van der Waals surface area contributed by atoms with Gasteiger partial charge < -0.3 is 19.9 Å². The van der Waals surface area contributed by atoms with Gasteiger partial charge in [0.15, 0.2) is 16.7 Å². The Hall–Kier alpha value is -1.89. The molecule has 1 atom stereocenters. The first-order valence-electron chi connectivity index (χ1n) is 5.45. The normalized spacial score (nSPS) is 18.2. The number of hydrogen-bond acceptors (Lipinski definition) is 6. The zero-order valence-corrected chi connectivity index (χ0v) is 11.6. The molecule has 1 heterocycles. The average Bonchev–Trinajstić information content (AvgIpc) is 2.75. The van der Waals surface area contributed by atoms with Crippen LogP contribution in [0.1, 0.15) is 10.8 Å². The van der Waals surface area contributed by atoms with Gasteiger partial charge in [-0.3, -0.25) is 4.79 Å². The van der Waals surface area contributed by atoms with Crippen LogP contribution in [-0.2, 0) is 4.79 Å². The lowest BCUT2D eigenvalue weighted by Gasteiger charge is -2.17. The van der Waals surface area contributed by atoms with Gasteiger partial charge in [-0.15, -0.1) is 0 Å². The summed E-state index contributed by atoms with van der Waals surface area (Å²) in [6, 6.07) is 3.48. The van der Waals surface area contributed by atoms with Crippen LogP contribution in [0.3, 0.4) is 0 Å². The van der Waals surface area contributed by atoms with Crippen molar-refractivity contribution in [2.24, 2.45) is 10.7 Å². The second kappa shape index (κ2) is 5.40. The largest absolute Gasteiger partial charge is 0.493 e. The highest BCUT2D eigenvalue weighted by Gasteiger charge is 2.33. The quantitative estimate of drug-likeness (QED) is 0.897. The van der Waals surface area contributed by atoms with Crippen molar-refractivity contribution in [2.75, 3.05) is 21.3 Å². The minimum Gasteiger partial charge on any atom is -0.493 e. The second-order valence-electron chi connectivity index (χ2n) is 3.71. The summed E-state index contributed by atoms with van der Waals surface area (Å²) in [5.74, 6) is 1.14. The Balaban J connectivity index is 2.50. The zero-order valence-electron chi connectivity index (χ0n) is 10.8. The van der Waals surface area contributed by atoms with E-state index in [9.17, 15) is 4.79 Å². The van der Waals surface area contributed by atoms with Crippen molar-refractivity contribution >= 4 is 22.8 Å². The van der Waals surface area contributed by atoms with Gasteiger partial charge >= 0.3 is 0 Å². The third-order valence-corrected chi connectivity index (χ3v) is 3.72. The number of carbonyl (C=O) groups is 1. The number of benzene rings is 1. The molecule has 0 aromatic heterocycles. The number of amidine groups is 1. The topological polar surface area (TPSA) is 83.1 Å². The molecule has 1 aromatic rings. The van der Waals surface area contributed by atoms with Gasteiger partial charge in [0.25, 0.3) is 5.91 Å². The molecule has 6 nitrogen and oxygen atoms in total. The summed E-state index contributed by atoms with van der Waals surface area (Å²) in [5.41, 5.74) is 6.23. The fraction of sp³-hybridized carbons (Fsp3) is 0.333. The number of methoxy groups -OCH3 is 3. The van der Waals surface area contributed by atoms with Gasteiger partial charge in [0.1, 0.15) is 5.25 Å². The molecular formula is C12H14N2O4S. The highest BCUT2D eigenvalue weighted by atomic mass is 32.2. The summed E-state index contributed by atoms with van der Waals surface area (Å²) in [6.07, 6.45) is 0. The molecule has 0 bridgehead atoms. The van der Waals surface area contributed by atoms with Crippen molar-refractivity contribution < 1.29 is 19.0 Å². The summed E-state index contributed by atoms with van der Waals surface area (Å²) in [6.45, 7) is 0. The minimum absolute atomic E-state index is 0.256. The van der Waals surface area contributed by atoms with Crippen molar-refractivity contribution in [1.29, 1.82) is 0 Å². The van der Waals surface area contributed by atoms with Gasteiger partial charge in [0, 0.05) is 5.56 Å². The van der Waals surface area contributed by atoms with Crippen LogP contribution in [0, 0.1) is 0 Å². The molecule has 1 unspecified atom stereocenters. The number of thioether (sulfide) groups is 1. The van der Waals surface area contributed by atoms with Crippen LogP contribution >= 0.6 is 11.8 Å². The number of rotatable bonds is 4. The molecule has 0 radical (unpaired) electrons. The maximum Gasteiger partial charge on any atom is 0.266 e. The monoisotopic (exact) mass is 282 g/mol. The van der Waals surface area contributed by atoms with E-state index < -0.39 is 5.25 Å². The van der Waals surface area contributed by atoms with Gasteiger partial charge in [-0.1, -0.05) is 11.8 Å². The van der Waals surface area contributed by atoms with Gasteiger partial charge in [0.2, 0.25) is 5.75 Å². The van der Waals surface area contributed by atoms with Crippen LogP contribution in [0.4, 0.5) is 0 Å². The number of nitrogens with two attached hydrogens (primary N) is 1. The minimum atomic E-state index is -0.505. The van der Waals surface area contributed by atoms with Crippen molar-refractivity contribution in [3.8, 4) is 17.2 Å². The number of ether oxygens (including phenoxy) is 3. The number of amides is 1. The lowest BCUT2D eigenvalue weighted by molar-refractivity contribution is -0.117. The van der Waals surface area contributed by atoms with E-state index in [1.807, 2.05) is 0 Å². The van der Waals surface area contributed by atoms with Gasteiger partial charge in [-0.05, 0) is 12.1 Å². The van der Waals surface area contributed by atoms with E-state index in [0.29, 0.717) is 22.8 Å². The fourth-order valence-electron chi connectivity index (χ4n) is 1.89. The van der Waals surface area contributed by atoms with E-state index >= 15 is 0 Å². The highest BCUT2D eigenvalue weighted by Crippen LogP contribution is 2.47. The van der Waals surface area contributed by atoms with E-state index in [1.165, 1.54) is 33.1 Å². The summed E-state index contributed by atoms with van der Waals surface area (Å²) in [5, 5.41) is -0.249. The lowest BCUT2D eigenvalue weighted by Crippen LogP contribution is -2.06. The summed E-state index contributed by atoms with van der Waals surface area (Å²) >= 11 is 1.19. The molecule has 0 aliphatic carbocycles. The van der Waals surface area contributed by atoms with E-state index in [4.69, 9.17) is 19.9 Å². The maximum absolute atomic E-state index is 11.8. The number of nitrogens with zero attached hydrogens (tertiary/aromatic N) is 1. The molecule has 1 aliphatic heterocycles. The highest BCUT2D eigenvalue weighted by molar-refractivity contribution is 8.15. The Labute approximate surface area is 114 Å². The van der Waals surface area contributed by atoms with Crippen molar-refractivity contribution in [3.63, 3.8) is 0 Å². The number of hydrogen-bond donors (Lipinski definition) is 1. The van der Waals surface area contributed by atoms with Gasteiger partial charge in [-0.25, -0.2) is 0 Å². The Kier molecular flexibility index (Phi) is 3.84. The summed E-state index contributed by atoms with van der Waals surface area (Å²) in [7, 11) is 4.56. The molecule has 0 fully saturated rings. The van der Waals surface area contributed by atoms with E-state index in [1.54, 1.807) is 12.1 Å². The van der Waals surface area contributed by atoms with E-state index in [-0.39, 0.29) is 11.1 Å². The van der Waals surface area contributed by atoms with Crippen molar-refractivity contribution in [1.82, 2.24) is 0 Å². The molecule has 1 aliphatic rings. The van der Waals surface area contributed by atoms with E-state index in [2.05, 4.69) is 4.99 Å². The van der Waals surface area contributed by atoms with Crippen LogP contribution in [-0.4, -0.2) is 32.4 Å². The Morgan fingerprint density at radius 3 is 2.32 bits per heavy atom. The third kappa shape index (κ3) is 2.33. The second-order valence-corrected chi connectivity index (χ2v) is 4.84. The fourth-order valence-corrected chi connectivity index (χ4v) is 2.74. The van der Waals surface area contributed by atoms with Crippen LogP contribution in [0.5, 0.6) is 17.2 Å². The zero-order chi connectivity index (χ0) is 14.0. The van der Waals surface area contributed by atoms with E-state index in [0.717, 1.165) is 0 Å². The van der Waals surface area contributed by atoms with Crippen LogP contribution in [0.2, 0.25) is 0 Å². The Morgan fingerprint density at radius 1 is 1.16 bits per heavy atom. The van der Waals surface area contributed by atoms with Gasteiger partial charge in [0.05, 0.1) is 21.3 Å². The first kappa shape index (κ1) is 13.5. The summed E-state index contributed by atoms with van der Waals surface area (Å²) < 4.78 is 15.8. The molecule has 0 saturated heterocycles.